The van der Waals surface area contributed by atoms with Gasteiger partial charge >= 0.3 is 0 Å². The largest absolute Gasteiger partial charge is 0.508 e. The second-order valence-corrected chi connectivity index (χ2v) is 6.10. The van der Waals surface area contributed by atoms with Gasteiger partial charge in [-0.25, -0.2) is 0 Å². The van der Waals surface area contributed by atoms with Gasteiger partial charge in [0.05, 0.1) is 0 Å². The summed E-state index contributed by atoms with van der Waals surface area (Å²) >= 11 is 3.48. The van der Waals surface area contributed by atoms with E-state index >= 15 is 0 Å². The van der Waals surface area contributed by atoms with Crippen molar-refractivity contribution >= 4 is 15.9 Å². The third kappa shape index (κ3) is 3.80. The lowest BCUT2D eigenvalue weighted by Crippen LogP contribution is -2.37. The molecule has 90 valence electrons. The van der Waals surface area contributed by atoms with Crippen LogP contribution in [0.5, 0.6) is 5.75 Å². The zero-order valence-corrected chi connectivity index (χ0v) is 11.9. The summed E-state index contributed by atoms with van der Waals surface area (Å²) in [5, 5.41) is 12.9. The first-order chi connectivity index (χ1) is 7.30. The number of nitrogens with one attached hydrogen (secondary N) is 1. The standard InChI is InChI=1S/C13H20BrNO/c1-9(13(2,3)4)15-8-10-7-11(16)5-6-12(10)14/h5-7,9,15-16H,8H2,1-4H3. The number of phenolic OH excluding ortho intramolecular Hbond substituents is 1. The van der Waals surface area contributed by atoms with E-state index in [0.717, 1.165) is 16.6 Å². The summed E-state index contributed by atoms with van der Waals surface area (Å²) < 4.78 is 1.03. The molecule has 2 nitrogen and oxygen atoms in total. The maximum Gasteiger partial charge on any atom is 0.115 e. The number of halogens is 1. The van der Waals surface area contributed by atoms with E-state index < -0.39 is 0 Å². The van der Waals surface area contributed by atoms with Crippen molar-refractivity contribution in [2.45, 2.75) is 40.3 Å². The lowest BCUT2D eigenvalue weighted by Gasteiger charge is -2.28. The number of rotatable bonds is 3. The highest BCUT2D eigenvalue weighted by Crippen LogP contribution is 2.23. The Morgan fingerprint density at radius 3 is 2.56 bits per heavy atom. The molecular weight excluding hydrogens is 266 g/mol. The zero-order valence-electron chi connectivity index (χ0n) is 10.3. The van der Waals surface area contributed by atoms with Crippen LogP contribution < -0.4 is 5.32 Å². The summed E-state index contributed by atoms with van der Waals surface area (Å²) in [5.74, 6) is 0.309. The van der Waals surface area contributed by atoms with Crippen LogP contribution in [-0.4, -0.2) is 11.1 Å². The molecule has 3 heteroatoms. The van der Waals surface area contributed by atoms with E-state index in [4.69, 9.17) is 0 Å². The highest BCUT2D eigenvalue weighted by Gasteiger charge is 2.19. The molecule has 0 spiro atoms. The van der Waals surface area contributed by atoms with Gasteiger partial charge in [-0.05, 0) is 36.1 Å². The lowest BCUT2D eigenvalue weighted by molar-refractivity contribution is 0.285. The van der Waals surface area contributed by atoms with Crippen LogP contribution in [-0.2, 0) is 6.54 Å². The second-order valence-electron chi connectivity index (χ2n) is 5.24. The zero-order chi connectivity index (χ0) is 12.3. The van der Waals surface area contributed by atoms with Crippen LogP contribution in [0.25, 0.3) is 0 Å². The summed E-state index contributed by atoms with van der Waals surface area (Å²) in [6, 6.07) is 5.75. The Morgan fingerprint density at radius 1 is 1.38 bits per heavy atom. The van der Waals surface area contributed by atoms with Gasteiger partial charge in [0.2, 0.25) is 0 Å². The fourth-order valence-corrected chi connectivity index (χ4v) is 1.65. The Kier molecular flexibility index (Phi) is 4.39. The van der Waals surface area contributed by atoms with Gasteiger partial charge < -0.3 is 10.4 Å². The molecule has 0 amide bonds. The quantitative estimate of drug-likeness (QED) is 0.888. The van der Waals surface area contributed by atoms with Gasteiger partial charge in [-0.15, -0.1) is 0 Å². The molecule has 0 aliphatic carbocycles. The van der Waals surface area contributed by atoms with E-state index in [1.807, 2.05) is 6.07 Å². The number of aromatic hydroxyl groups is 1. The van der Waals surface area contributed by atoms with Crippen molar-refractivity contribution in [1.29, 1.82) is 0 Å². The molecule has 1 aromatic carbocycles. The molecule has 2 N–H and O–H groups in total. The number of hydrogen-bond acceptors (Lipinski definition) is 2. The predicted molar refractivity (Wildman–Crippen MR) is 71.6 cm³/mol. The third-order valence-corrected chi connectivity index (χ3v) is 3.70. The molecule has 1 aromatic rings. The summed E-state index contributed by atoms with van der Waals surface area (Å²) in [6.07, 6.45) is 0. The minimum Gasteiger partial charge on any atom is -0.508 e. The van der Waals surface area contributed by atoms with Crippen LogP contribution in [0.15, 0.2) is 22.7 Å². The summed E-state index contributed by atoms with van der Waals surface area (Å²) in [4.78, 5) is 0. The van der Waals surface area contributed by atoms with E-state index in [9.17, 15) is 5.11 Å². The van der Waals surface area contributed by atoms with Gasteiger partial charge in [0, 0.05) is 17.1 Å². The van der Waals surface area contributed by atoms with E-state index in [1.165, 1.54) is 0 Å². The van der Waals surface area contributed by atoms with Crippen molar-refractivity contribution in [2.75, 3.05) is 0 Å². The molecule has 1 rings (SSSR count). The Morgan fingerprint density at radius 2 is 2.00 bits per heavy atom. The Balaban J connectivity index is 2.64. The van der Waals surface area contributed by atoms with Crippen LogP contribution in [0.1, 0.15) is 33.3 Å². The molecule has 1 unspecified atom stereocenters. The van der Waals surface area contributed by atoms with E-state index in [-0.39, 0.29) is 5.41 Å². The van der Waals surface area contributed by atoms with Crippen molar-refractivity contribution < 1.29 is 5.11 Å². The first-order valence-corrected chi connectivity index (χ1v) is 6.31. The van der Waals surface area contributed by atoms with Gasteiger partial charge in [0.15, 0.2) is 0 Å². The van der Waals surface area contributed by atoms with Crippen molar-refractivity contribution in [2.24, 2.45) is 5.41 Å². The van der Waals surface area contributed by atoms with Crippen molar-refractivity contribution in [1.82, 2.24) is 5.32 Å². The molecule has 16 heavy (non-hydrogen) atoms. The van der Waals surface area contributed by atoms with E-state index in [1.54, 1.807) is 12.1 Å². The summed E-state index contributed by atoms with van der Waals surface area (Å²) in [5.41, 5.74) is 1.32. The molecule has 0 bridgehead atoms. The van der Waals surface area contributed by atoms with E-state index in [0.29, 0.717) is 11.8 Å². The Bertz CT molecular complexity index is 357. The third-order valence-electron chi connectivity index (χ3n) is 2.93. The van der Waals surface area contributed by atoms with Crippen LogP contribution in [0.4, 0.5) is 0 Å². The van der Waals surface area contributed by atoms with Crippen LogP contribution in [0.3, 0.4) is 0 Å². The van der Waals surface area contributed by atoms with Gasteiger partial charge in [0.25, 0.3) is 0 Å². The lowest BCUT2D eigenvalue weighted by atomic mass is 9.88. The molecule has 0 fully saturated rings. The second kappa shape index (κ2) is 5.19. The van der Waals surface area contributed by atoms with Gasteiger partial charge in [-0.3, -0.25) is 0 Å². The normalized spacial score (nSPS) is 13.8. The molecule has 0 radical (unpaired) electrons. The van der Waals surface area contributed by atoms with Gasteiger partial charge in [0.1, 0.15) is 5.75 Å². The maximum absolute atomic E-state index is 9.41. The minimum absolute atomic E-state index is 0.239. The first kappa shape index (κ1) is 13.5. The Hall–Kier alpha value is -0.540. The van der Waals surface area contributed by atoms with Crippen LogP contribution in [0, 0.1) is 5.41 Å². The highest BCUT2D eigenvalue weighted by molar-refractivity contribution is 9.10. The van der Waals surface area contributed by atoms with Crippen molar-refractivity contribution in [3.63, 3.8) is 0 Å². The van der Waals surface area contributed by atoms with E-state index in [2.05, 4.69) is 48.9 Å². The number of hydrogen-bond donors (Lipinski definition) is 2. The minimum atomic E-state index is 0.239. The molecule has 0 saturated carbocycles. The predicted octanol–water partition coefficient (Wildman–Crippen LogP) is 3.68. The fourth-order valence-electron chi connectivity index (χ4n) is 1.27. The van der Waals surface area contributed by atoms with Crippen molar-refractivity contribution in [3.05, 3.63) is 28.2 Å². The average Bonchev–Trinajstić information content (AvgIpc) is 2.17. The molecule has 0 aromatic heterocycles. The summed E-state index contributed by atoms with van der Waals surface area (Å²) in [6.45, 7) is 9.57. The maximum atomic E-state index is 9.41. The monoisotopic (exact) mass is 285 g/mol. The molecule has 0 saturated heterocycles. The van der Waals surface area contributed by atoms with Crippen molar-refractivity contribution in [3.8, 4) is 5.75 Å². The van der Waals surface area contributed by atoms with Crippen LogP contribution in [0.2, 0.25) is 0 Å². The fraction of sp³-hybridized carbons (Fsp3) is 0.538. The Labute approximate surface area is 106 Å². The molecule has 1 atom stereocenters. The average molecular weight is 286 g/mol. The molecule has 0 aliphatic rings. The smallest absolute Gasteiger partial charge is 0.115 e. The molecule has 0 heterocycles. The van der Waals surface area contributed by atoms with Crippen LogP contribution >= 0.6 is 15.9 Å². The highest BCUT2D eigenvalue weighted by atomic mass is 79.9. The molecule has 0 aliphatic heterocycles. The van der Waals surface area contributed by atoms with Gasteiger partial charge in [-0.2, -0.15) is 0 Å². The SMILES string of the molecule is CC(NCc1cc(O)ccc1Br)C(C)(C)C. The number of phenols is 1. The topological polar surface area (TPSA) is 32.3 Å². The molecular formula is C13H20BrNO. The summed E-state index contributed by atoms with van der Waals surface area (Å²) in [7, 11) is 0. The number of benzene rings is 1. The van der Waals surface area contributed by atoms with Gasteiger partial charge in [-0.1, -0.05) is 36.7 Å². The first-order valence-electron chi connectivity index (χ1n) is 5.51.